The van der Waals surface area contributed by atoms with Gasteiger partial charge in [-0.05, 0) is 43.3 Å². The summed E-state index contributed by atoms with van der Waals surface area (Å²) in [4.78, 5) is 12.6. The number of aryl methyl sites for hydroxylation is 1. The van der Waals surface area contributed by atoms with E-state index in [1.807, 2.05) is 67.7 Å². The van der Waals surface area contributed by atoms with E-state index >= 15 is 0 Å². The van der Waals surface area contributed by atoms with Crippen LogP contribution in [-0.2, 0) is 11.2 Å². The lowest BCUT2D eigenvalue weighted by molar-refractivity contribution is -0.115. The van der Waals surface area contributed by atoms with Gasteiger partial charge < -0.3 is 10.1 Å². The molecule has 0 aliphatic carbocycles. The van der Waals surface area contributed by atoms with Crippen molar-refractivity contribution in [3.05, 3.63) is 78.1 Å². The van der Waals surface area contributed by atoms with E-state index in [-0.39, 0.29) is 12.3 Å². The normalized spacial score (nSPS) is 10.7. The number of methoxy groups -OCH3 is 1. The number of amides is 1. The van der Waals surface area contributed by atoms with Crippen LogP contribution in [0.2, 0.25) is 0 Å². The molecule has 2 aromatic heterocycles. The van der Waals surface area contributed by atoms with Crippen LogP contribution >= 0.6 is 0 Å². The lowest BCUT2D eigenvalue weighted by Crippen LogP contribution is -2.14. The van der Waals surface area contributed by atoms with Crippen molar-refractivity contribution in [2.45, 2.75) is 13.3 Å². The van der Waals surface area contributed by atoms with E-state index in [1.54, 1.807) is 17.9 Å². The summed E-state index contributed by atoms with van der Waals surface area (Å²) in [6.45, 7) is 1.88. The zero-order valence-corrected chi connectivity index (χ0v) is 16.2. The van der Waals surface area contributed by atoms with E-state index in [1.165, 1.54) is 0 Å². The molecule has 4 aromatic rings. The second-order valence-corrected chi connectivity index (χ2v) is 6.67. The topological polar surface area (TPSA) is 84.8 Å². The van der Waals surface area contributed by atoms with Gasteiger partial charge in [0, 0.05) is 29.1 Å². The van der Waals surface area contributed by atoms with Crippen molar-refractivity contribution in [1.82, 2.24) is 20.0 Å². The minimum atomic E-state index is -0.154. The molecule has 2 heterocycles. The number of para-hydroxylation sites is 1. The van der Waals surface area contributed by atoms with E-state index in [0.29, 0.717) is 5.82 Å². The molecule has 2 aromatic carbocycles. The van der Waals surface area contributed by atoms with Crippen LogP contribution in [0.15, 0.2) is 66.9 Å². The van der Waals surface area contributed by atoms with Crippen molar-refractivity contribution >= 4 is 11.7 Å². The van der Waals surface area contributed by atoms with Crippen LogP contribution in [-0.4, -0.2) is 33.0 Å². The number of ether oxygens (including phenoxy) is 1. The molecule has 0 fully saturated rings. The number of aromatic nitrogens is 4. The summed E-state index contributed by atoms with van der Waals surface area (Å²) >= 11 is 0. The van der Waals surface area contributed by atoms with Gasteiger partial charge in [-0.3, -0.25) is 9.89 Å². The van der Waals surface area contributed by atoms with Crippen molar-refractivity contribution in [2.24, 2.45) is 0 Å². The van der Waals surface area contributed by atoms with Gasteiger partial charge in [0.1, 0.15) is 5.75 Å². The Labute approximate surface area is 168 Å². The van der Waals surface area contributed by atoms with Crippen LogP contribution in [0.25, 0.3) is 16.9 Å². The quantitative estimate of drug-likeness (QED) is 0.528. The smallest absolute Gasteiger partial charge is 0.230 e. The van der Waals surface area contributed by atoms with Crippen LogP contribution in [0.5, 0.6) is 5.75 Å². The first-order valence-electron chi connectivity index (χ1n) is 9.22. The number of hydrogen-bond donors (Lipinski definition) is 2. The first-order chi connectivity index (χ1) is 14.1. The molecule has 7 heteroatoms. The number of aromatic amines is 1. The molecule has 7 nitrogen and oxygen atoms in total. The predicted molar refractivity (Wildman–Crippen MR) is 111 cm³/mol. The summed E-state index contributed by atoms with van der Waals surface area (Å²) in [5.74, 6) is 1.12. The van der Waals surface area contributed by atoms with Crippen molar-refractivity contribution in [3.8, 4) is 22.7 Å². The lowest BCUT2D eigenvalue weighted by Gasteiger charge is -2.04. The van der Waals surface area contributed by atoms with E-state index in [4.69, 9.17) is 9.84 Å². The maximum atomic E-state index is 12.6. The summed E-state index contributed by atoms with van der Waals surface area (Å²) in [6.07, 6.45) is 2.07. The fourth-order valence-electron chi connectivity index (χ4n) is 3.09. The monoisotopic (exact) mass is 387 g/mol. The fraction of sp³-hybridized carbons (Fsp3) is 0.136. The Bertz CT molecular complexity index is 1110. The van der Waals surface area contributed by atoms with Gasteiger partial charge in [0.25, 0.3) is 0 Å². The second kappa shape index (κ2) is 8.02. The molecular formula is C22H21N5O2. The lowest BCUT2D eigenvalue weighted by atomic mass is 10.1. The van der Waals surface area contributed by atoms with Gasteiger partial charge in [-0.1, -0.05) is 18.2 Å². The number of benzene rings is 2. The molecule has 0 aliphatic heterocycles. The van der Waals surface area contributed by atoms with Gasteiger partial charge >= 0.3 is 0 Å². The third-order valence-electron chi connectivity index (χ3n) is 4.50. The third kappa shape index (κ3) is 4.19. The molecule has 0 aliphatic rings. The average Bonchev–Trinajstić information content (AvgIpc) is 3.35. The molecule has 0 unspecified atom stereocenters. The number of rotatable bonds is 6. The Morgan fingerprint density at radius 3 is 2.55 bits per heavy atom. The Morgan fingerprint density at radius 1 is 1.14 bits per heavy atom. The van der Waals surface area contributed by atoms with Gasteiger partial charge in [-0.25, -0.2) is 4.68 Å². The van der Waals surface area contributed by atoms with Gasteiger partial charge in [0.2, 0.25) is 5.91 Å². The molecule has 146 valence electrons. The van der Waals surface area contributed by atoms with Crippen LogP contribution in [0.3, 0.4) is 0 Å². The van der Waals surface area contributed by atoms with Crippen LogP contribution in [0.4, 0.5) is 5.82 Å². The molecule has 0 radical (unpaired) electrons. The molecule has 0 saturated carbocycles. The van der Waals surface area contributed by atoms with E-state index in [2.05, 4.69) is 15.5 Å². The van der Waals surface area contributed by atoms with Gasteiger partial charge in [0.05, 0.1) is 24.9 Å². The highest BCUT2D eigenvalue weighted by molar-refractivity contribution is 5.92. The van der Waals surface area contributed by atoms with Gasteiger partial charge in [-0.2, -0.15) is 10.2 Å². The number of carbonyl (C=O) groups excluding carboxylic acids is 1. The van der Waals surface area contributed by atoms with Crippen molar-refractivity contribution < 1.29 is 9.53 Å². The summed E-state index contributed by atoms with van der Waals surface area (Å²) in [6, 6.07) is 19.2. The number of anilines is 1. The number of H-pyrrole nitrogens is 1. The number of hydrogen-bond acceptors (Lipinski definition) is 4. The average molecular weight is 387 g/mol. The SMILES string of the molecule is COc1ccc(-c2nn(-c3ccccc3)cc2CC(=O)Nc2cc(C)[nH]n2)cc1. The Balaban J connectivity index is 1.66. The second-order valence-electron chi connectivity index (χ2n) is 6.67. The molecule has 29 heavy (non-hydrogen) atoms. The van der Waals surface area contributed by atoms with Gasteiger partial charge in [-0.15, -0.1) is 0 Å². The maximum Gasteiger partial charge on any atom is 0.230 e. The van der Waals surface area contributed by atoms with Gasteiger partial charge in [0.15, 0.2) is 5.82 Å². The Morgan fingerprint density at radius 2 is 1.90 bits per heavy atom. The van der Waals surface area contributed by atoms with Crippen molar-refractivity contribution in [1.29, 1.82) is 0 Å². The van der Waals surface area contributed by atoms with Crippen molar-refractivity contribution in [3.63, 3.8) is 0 Å². The highest BCUT2D eigenvalue weighted by atomic mass is 16.5. The maximum absolute atomic E-state index is 12.6. The Kier molecular flexibility index (Phi) is 5.11. The highest BCUT2D eigenvalue weighted by Gasteiger charge is 2.16. The largest absolute Gasteiger partial charge is 0.497 e. The first-order valence-corrected chi connectivity index (χ1v) is 9.22. The molecule has 4 rings (SSSR count). The van der Waals surface area contributed by atoms with Crippen LogP contribution in [0, 0.1) is 6.92 Å². The standard InChI is InChI=1S/C22H21N5O2/c1-15-12-20(25-24-15)23-21(28)13-17-14-27(18-6-4-3-5-7-18)26-22(17)16-8-10-19(29-2)11-9-16/h3-12,14H,13H2,1-2H3,(H2,23,24,25,28). The molecular weight excluding hydrogens is 366 g/mol. The molecule has 0 saturated heterocycles. The molecule has 0 atom stereocenters. The predicted octanol–water partition coefficient (Wildman–Crippen LogP) is 3.76. The molecule has 2 N–H and O–H groups in total. The minimum Gasteiger partial charge on any atom is -0.497 e. The third-order valence-corrected chi connectivity index (χ3v) is 4.50. The summed E-state index contributed by atoms with van der Waals surface area (Å²) < 4.78 is 7.04. The fourth-order valence-corrected chi connectivity index (χ4v) is 3.09. The number of nitrogens with one attached hydrogen (secondary N) is 2. The van der Waals surface area contributed by atoms with Crippen LogP contribution < -0.4 is 10.1 Å². The highest BCUT2D eigenvalue weighted by Crippen LogP contribution is 2.26. The van der Waals surface area contributed by atoms with E-state index in [0.717, 1.165) is 34.0 Å². The molecule has 0 spiro atoms. The minimum absolute atomic E-state index is 0.154. The number of nitrogens with zero attached hydrogens (tertiary/aromatic N) is 3. The zero-order valence-electron chi connectivity index (χ0n) is 16.2. The van der Waals surface area contributed by atoms with E-state index < -0.39 is 0 Å². The molecule has 1 amide bonds. The van der Waals surface area contributed by atoms with Crippen LogP contribution in [0.1, 0.15) is 11.3 Å². The molecule has 0 bridgehead atoms. The summed E-state index contributed by atoms with van der Waals surface area (Å²) in [5, 5.41) is 14.4. The van der Waals surface area contributed by atoms with E-state index in [9.17, 15) is 4.79 Å². The summed E-state index contributed by atoms with van der Waals surface area (Å²) in [7, 11) is 1.63. The number of carbonyl (C=O) groups is 1. The Hall–Kier alpha value is -3.87. The first kappa shape index (κ1) is 18.5. The van der Waals surface area contributed by atoms with Crippen molar-refractivity contribution in [2.75, 3.05) is 12.4 Å². The summed E-state index contributed by atoms with van der Waals surface area (Å²) in [5.41, 5.74) is 4.31. The zero-order chi connectivity index (χ0) is 20.2.